The topological polar surface area (TPSA) is 125 Å². The standard InChI is InChI=1S/C21H19Cl2N5O4/c22-14-9-12(26-21(32)25-6-8-29)10-15(23)17(14)20(31)28-7-4-13-16(28)3-5-24-18(13)27-19(30)11-1-2-11/h3-5,7,9-11,29H,1-2,6,8H2,(H,24,27,30)(H2,25,26,32). The number of hydrogen-bond donors (Lipinski definition) is 4. The molecule has 4 rings (SSSR count). The number of aromatic nitrogens is 2. The Morgan fingerprint density at radius 2 is 1.84 bits per heavy atom. The lowest BCUT2D eigenvalue weighted by Crippen LogP contribution is -2.31. The van der Waals surface area contributed by atoms with Gasteiger partial charge in [-0.25, -0.2) is 9.78 Å². The lowest BCUT2D eigenvalue weighted by atomic mass is 10.1. The summed E-state index contributed by atoms with van der Waals surface area (Å²) in [6.45, 7) is -0.114. The van der Waals surface area contributed by atoms with E-state index in [1.54, 1.807) is 18.3 Å². The van der Waals surface area contributed by atoms with Gasteiger partial charge in [0.05, 0.1) is 27.7 Å². The lowest BCUT2D eigenvalue weighted by Gasteiger charge is -2.12. The average Bonchev–Trinajstić information content (AvgIpc) is 3.51. The summed E-state index contributed by atoms with van der Waals surface area (Å²) >= 11 is 12.7. The molecule has 0 radical (unpaired) electrons. The van der Waals surface area contributed by atoms with Crippen LogP contribution in [-0.4, -0.2) is 45.7 Å². The van der Waals surface area contributed by atoms with Crippen molar-refractivity contribution in [2.45, 2.75) is 12.8 Å². The maximum Gasteiger partial charge on any atom is 0.319 e. The first kappa shape index (κ1) is 22.1. The number of halogens is 2. The number of carbonyl (C=O) groups is 3. The molecule has 0 spiro atoms. The first-order valence-electron chi connectivity index (χ1n) is 9.85. The van der Waals surface area contributed by atoms with Crippen LogP contribution >= 0.6 is 23.2 Å². The van der Waals surface area contributed by atoms with Crippen molar-refractivity contribution in [2.24, 2.45) is 5.92 Å². The fourth-order valence-corrected chi connectivity index (χ4v) is 3.87. The first-order valence-corrected chi connectivity index (χ1v) is 10.6. The number of rotatable bonds is 6. The van der Waals surface area contributed by atoms with Crippen molar-refractivity contribution < 1.29 is 19.5 Å². The number of pyridine rings is 1. The molecule has 9 nitrogen and oxygen atoms in total. The van der Waals surface area contributed by atoms with E-state index < -0.39 is 11.9 Å². The van der Waals surface area contributed by atoms with Gasteiger partial charge in [-0.05, 0) is 37.1 Å². The van der Waals surface area contributed by atoms with Crippen LogP contribution in [-0.2, 0) is 4.79 Å². The number of hydrogen-bond acceptors (Lipinski definition) is 5. The van der Waals surface area contributed by atoms with Crippen LogP contribution in [0.25, 0.3) is 10.9 Å². The molecule has 0 aliphatic heterocycles. The van der Waals surface area contributed by atoms with Crippen LogP contribution in [0.5, 0.6) is 0 Å². The van der Waals surface area contributed by atoms with Crippen LogP contribution < -0.4 is 16.0 Å². The summed E-state index contributed by atoms with van der Waals surface area (Å²) in [5.74, 6) is -0.152. The van der Waals surface area contributed by atoms with Gasteiger partial charge in [-0.3, -0.25) is 14.2 Å². The number of benzene rings is 1. The van der Waals surface area contributed by atoms with E-state index >= 15 is 0 Å². The molecule has 0 saturated heterocycles. The molecular weight excluding hydrogens is 457 g/mol. The summed E-state index contributed by atoms with van der Waals surface area (Å²) in [5, 5.41) is 17.3. The number of aliphatic hydroxyl groups excluding tert-OH is 1. The molecule has 1 fully saturated rings. The Morgan fingerprint density at radius 3 is 2.50 bits per heavy atom. The third-order valence-corrected chi connectivity index (χ3v) is 5.53. The van der Waals surface area contributed by atoms with Gasteiger partial charge in [0.25, 0.3) is 5.91 Å². The summed E-state index contributed by atoms with van der Waals surface area (Å²) < 4.78 is 1.37. The van der Waals surface area contributed by atoms with Crippen LogP contribution in [0, 0.1) is 5.92 Å². The lowest BCUT2D eigenvalue weighted by molar-refractivity contribution is -0.117. The third-order valence-electron chi connectivity index (χ3n) is 4.94. The molecule has 2 aromatic heterocycles. The van der Waals surface area contributed by atoms with Crippen molar-refractivity contribution in [3.63, 3.8) is 0 Å². The number of nitrogens with zero attached hydrogens (tertiary/aromatic N) is 2. The second-order valence-electron chi connectivity index (χ2n) is 7.27. The highest BCUT2D eigenvalue weighted by molar-refractivity contribution is 6.40. The smallest absolute Gasteiger partial charge is 0.319 e. The summed E-state index contributed by atoms with van der Waals surface area (Å²) in [4.78, 5) is 41.4. The molecule has 166 valence electrons. The van der Waals surface area contributed by atoms with Crippen LogP contribution in [0.4, 0.5) is 16.3 Å². The van der Waals surface area contributed by atoms with E-state index in [0.717, 1.165) is 12.8 Å². The van der Waals surface area contributed by atoms with E-state index in [2.05, 4.69) is 20.9 Å². The molecule has 1 aliphatic rings. The number of amides is 3. The highest BCUT2D eigenvalue weighted by Gasteiger charge is 2.30. The van der Waals surface area contributed by atoms with Crippen molar-refractivity contribution in [1.82, 2.24) is 14.9 Å². The van der Waals surface area contributed by atoms with Crippen molar-refractivity contribution in [3.8, 4) is 0 Å². The molecule has 0 bridgehead atoms. The van der Waals surface area contributed by atoms with Crippen molar-refractivity contribution in [1.29, 1.82) is 0 Å². The monoisotopic (exact) mass is 475 g/mol. The fourth-order valence-electron chi connectivity index (χ4n) is 3.22. The summed E-state index contributed by atoms with van der Waals surface area (Å²) in [6.07, 6.45) is 4.80. The molecule has 0 atom stereocenters. The zero-order chi connectivity index (χ0) is 22.8. The zero-order valence-corrected chi connectivity index (χ0v) is 18.2. The molecular formula is C21H19Cl2N5O4. The largest absolute Gasteiger partial charge is 0.395 e. The SMILES string of the molecule is O=C(NCCO)Nc1cc(Cl)c(C(=O)n2ccc3c(NC(=O)C4CC4)nccc32)c(Cl)c1. The maximum atomic E-state index is 13.2. The van der Waals surface area contributed by atoms with Gasteiger partial charge < -0.3 is 21.1 Å². The molecule has 0 unspecified atom stereocenters. The molecule has 11 heteroatoms. The Labute approximate surface area is 192 Å². The van der Waals surface area contributed by atoms with E-state index in [1.165, 1.54) is 22.9 Å². The molecule has 4 N–H and O–H groups in total. The van der Waals surface area contributed by atoms with Gasteiger partial charge in [-0.2, -0.15) is 0 Å². The summed E-state index contributed by atoms with van der Waals surface area (Å²) in [7, 11) is 0. The fraction of sp³-hybridized carbons (Fsp3) is 0.238. The minimum atomic E-state index is -0.546. The van der Waals surface area contributed by atoms with Crippen LogP contribution in [0.15, 0.2) is 36.7 Å². The maximum absolute atomic E-state index is 13.2. The molecule has 3 amide bonds. The highest BCUT2D eigenvalue weighted by Crippen LogP contribution is 2.33. The number of carbonyl (C=O) groups excluding carboxylic acids is 3. The Hall–Kier alpha value is -3.14. The Bertz CT molecular complexity index is 1200. The van der Waals surface area contributed by atoms with E-state index in [4.69, 9.17) is 28.3 Å². The normalized spacial score (nSPS) is 13.1. The molecule has 1 aliphatic carbocycles. The molecule has 1 aromatic carbocycles. The van der Waals surface area contributed by atoms with Crippen LogP contribution in [0.1, 0.15) is 23.2 Å². The second kappa shape index (κ2) is 9.15. The molecule has 3 aromatic rings. The minimum Gasteiger partial charge on any atom is -0.395 e. The summed E-state index contributed by atoms with van der Waals surface area (Å²) in [6, 6.07) is 5.62. The molecule has 1 saturated carbocycles. The predicted molar refractivity (Wildman–Crippen MR) is 121 cm³/mol. The number of aliphatic hydroxyl groups is 1. The number of anilines is 2. The predicted octanol–water partition coefficient (Wildman–Crippen LogP) is 3.49. The van der Waals surface area contributed by atoms with Gasteiger partial charge >= 0.3 is 6.03 Å². The quantitative estimate of drug-likeness (QED) is 0.434. The zero-order valence-electron chi connectivity index (χ0n) is 16.7. The first-order chi connectivity index (χ1) is 15.4. The van der Waals surface area contributed by atoms with Gasteiger partial charge in [0.2, 0.25) is 5.91 Å². The van der Waals surface area contributed by atoms with Gasteiger partial charge in [0.15, 0.2) is 0 Å². The van der Waals surface area contributed by atoms with Gasteiger partial charge in [-0.1, -0.05) is 23.2 Å². The van der Waals surface area contributed by atoms with Gasteiger partial charge in [-0.15, -0.1) is 0 Å². The molecule has 2 heterocycles. The van der Waals surface area contributed by atoms with Crippen molar-refractivity contribution in [3.05, 3.63) is 52.3 Å². The van der Waals surface area contributed by atoms with E-state index in [-0.39, 0.29) is 40.6 Å². The van der Waals surface area contributed by atoms with Gasteiger partial charge in [0.1, 0.15) is 5.82 Å². The average molecular weight is 476 g/mol. The third kappa shape index (κ3) is 4.55. The Balaban J connectivity index is 1.61. The summed E-state index contributed by atoms with van der Waals surface area (Å²) in [5.41, 5.74) is 0.889. The van der Waals surface area contributed by atoms with Crippen LogP contribution in [0.3, 0.4) is 0 Å². The second-order valence-corrected chi connectivity index (χ2v) is 8.08. The van der Waals surface area contributed by atoms with Crippen molar-refractivity contribution >= 4 is 63.5 Å². The van der Waals surface area contributed by atoms with Crippen molar-refractivity contribution in [2.75, 3.05) is 23.8 Å². The number of urea groups is 1. The van der Waals surface area contributed by atoms with E-state index in [9.17, 15) is 14.4 Å². The Kier molecular flexibility index (Phi) is 6.31. The molecule has 32 heavy (non-hydrogen) atoms. The number of nitrogens with one attached hydrogen (secondary N) is 3. The van der Waals surface area contributed by atoms with Gasteiger partial charge in [0, 0.05) is 35.9 Å². The van der Waals surface area contributed by atoms with E-state index in [1.807, 2.05) is 0 Å². The minimum absolute atomic E-state index is 0.0197. The number of fused-ring (bicyclic) bond motifs is 1. The highest BCUT2D eigenvalue weighted by atomic mass is 35.5. The van der Waals surface area contributed by atoms with E-state index in [0.29, 0.717) is 22.4 Å². The van der Waals surface area contributed by atoms with Crippen LogP contribution in [0.2, 0.25) is 10.0 Å². The Morgan fingerprint density at radius 1 is 1.12 bits per heavy atom.